The molecule has 4 nitrogen and oxygen atoms in total. The van der Waals surface area contributed by atoms with E-state index in [1.165, 1.54) is 19.1 Å². The second-order valence-electron chi connectivity index (χ2n) is 3.19. The van der Waals surface area contributed by atoms with Crippen LogP contribution < -0.4 is 5.32 Å². The minimum Gasteiger partial charge on any atom is -0.375 e. The summed E-state index contributed by atoms with van der Waals surface area (Å²) < 4.78 is 24.5. The normalized spacial score (nSPS) is 12.6. The maximum atomic E-state index is 12.3. The monoisotopic (exact) mass is 250 g/mol. The molecule has 0 amide bonds. The van der Waals surface area contributed by atoms with Crippen molar-refractivity contribution < 1.29 is 13.7 Å². The maximum absolute atomic E-state index is 12.3. The highest BCUT2D eigenvalue weighted by Crippen LogP contribution is 2.27. The molecule has 1 aromatic rings. The first-order valence-corrected chi connectivity index (χ1v) is 4.78. The quantitative estimate of drug-likeness (QED) is 0.659. The third kappa shape index (κ3) is 3.03. The van der Waals surface area contributed by atoms with Gasteiger partial charge in [-0.3, -0.25) is 10.1 Å². The molecule has 0 saturated carbocycles. The van der Waals surface area contributed by atoms with Crippen LogP contribution in [0.4, 0.5) is 20.2 Å². The van der Waals surface area contributed by atoms with Gasteiger partial charge in [0.25, 0.3) is 12.1 Å². The van der Waals surface area contributed by atoms with Gasteiger partial charge in [0.1, 0.15) is 0 Å². The first-order valence-electron chi connectivity index (χ1n) is 4.40. The summed E-state index contributed by atoms with van der Waals surface area (Å²) in [6.07, 6.45) is -2.57. The van der Waals surface area contributed by atoms with Crippen molar-refractivity contribution in [1.29, 1.82) is 0 Å². The Morgan fingerprint density at radius 3 is 2.62 bits per heavy atom. The lowest BCUT2D eigenvalue weighted by atomic mass is 10.2. The van der Waals surface area contributed by atoms with Gasteiger partial charge in [-0.05, 0) is 13.0 Å². The summed E-state index contributed by atoms with van der Waals surface area (Å²) in [6.45, 7) is 1.26. The lowest BCUT2D eigenvalue weighted by Gasteiger charge is -2.14. The molecule has 88 valence electrons. The van der Waals surface area contributed by atoms with Crippen LogP contribution in [-0.2, 0) is 0 Å². The summed E-state index contributed by atoms with van der Waals surface area (Å²) in [4.78, 5) is 9.85. The van der Waals surface area contributed by atoms with Crippen LogP contribution in [0.15, 0.2) is 18.2 Å². The van der Waals surface area contributed by atoms with Crippen LogP contribution in [0.25, 0.3) is 0 Å². The van der Waals surface area contributed by atoms with Gasteiger partial charge in [-0.2, -0.15) is 0 Å². The number of nitro benzene ring substituents is 1. The highest BCUT2D eigenvalue weighted by atomic mass is 35.5. The molecule has 0 heterocycles. The Kier molecular flexibility index (Phi) is 4.00. The summed E-state index contributed by atoms with van der Waals surface area (Å²) in [7, 11) is 0. The average Bonchev–Trinajstić information content (AvgIpc) is 2.20. The Labute approximate surface area is 95.4 Å². The van der Waals surface area contributed by atoms with E-state index < -0.39 is 17.4 Å². The highest BCUT2D eigenvalue weighted by Gasteiger charge is 2.17. The molecule has 0 bridgehead atoms. The molecule has 1 unspecified atom stereocenters. The van der Waals surface area contributed by atoms with Crippen LogP contribution in [0.5, 0.6) is 0 Å². The number of nitrogens with one attached hydrogen (secondary N) is 1. The van der Waals surface area contributed by atoms with Crippen molar-refractivity contribution in [2.24, 2.45) is 0 Å². The third-order valence-electron chi connectivity index (χ3n) is 1.92. The number of anilines is 1. The first-order chi connectivity index (χ1) is 7.41. The molecule has 1 aromatic carbocycles. The highest BCUT2D eigenvalue weighted by molar-refractivity contribution is 6.33. The van der Waals surface area contributed by atoms with Gasteiger partial charge < -0.3 is 5.32 Å². The van der Waals surface area contributed by atoms with Crippen molar-refractivity contribution >= 4 is 23.0 Å². The van der Waals surface area contributed by atoms with Crippen molar-refractivity contribution in [3.05, 3.63) is 33.3 Å². The van der Waals surface area contributed by atoms with E-state index in [2.05, 4.69) is 5.32 Å². The second-order valence-corrected chi connectivity index (χ2v) is 3.60. The van der Waals surface area contributed by atoms with Gasteiger partial charge in [-0.25, -0.2) is 8.78 Å². The predicted octanol–water partition coefficient (Wildman–Crippen LogP) is 3.31. The number of non-ortho nitro benzene ring substituents is 1. The number of alkyl halides is 2. The molecule has 0 aliphatic rings. The van der Waals surface area contributed by atoms with Gasteiger partial charge in [0, 0.05) is 12.1 Å². The number of halogens is 3. The predicted molar refractivity (Wildman–Crippen MR) is 57.2 cm³/mol. The van der Waals surface area contributed by atoms with Crippen LogP contribution in [0.2, 0.25) is 5.02 Å². The van der Waals surface area contributed by atoms with E-state index in [1.54, 1.807) is 0 Å². The molecule has 1 atom stereocenters. The van der Waals surface area contributed by atoms with E-state index in [-0.39, 0.29) is 16.4 Å². The zero-order chi connectivity index (χ0) is 12.3. The largest absolute Gasteiger partial charge is 0.375 e. The Hall–Kier alpha value is -1.43. The smallest absolute Gasteiger partial charge is 0.271 e. The Morgan fingerprint density at radius 1 is 1.50 bits per heavy atom. The summed E-state index contributed by atoms with van der Waals surface area (Å²) in [6, 6.07) is 2.50. The number of nitrogens with zero attached hydrogens (tertiary/aromatic N) is 1. The molecule has 1 rings (SSSR count). The molecule has 16 heavy (non-hydrogen) atoms. The summed E-state index contributed by atoms with van der Waals surface area (Å²) in [5.74, 6) is 0. The first kappa shape index (κ1) is 12.6. The molecule has 0 spiro atoms. The molecule has 0 aromatic heterocycles. The molecular formula is C9H9ClF2N2O2. The minimum atomic E-state index is -2.57. The fraction of sp³-hybridized carbons (Fsp3) is 0.333. The lowest BCUT2D eigenvalue weighted by molar-refractivity contribution is -0.384. The molecule has 0 aliphatic heterocycles. The molecule has 0 radical (unpaired) electrons. The van der Waals surface area contributed by atoms with Crippen molar-refractivity contribution in [2.45, 2.75) is 19.4 Å². The second kappa shape index (κ2) is 5.07. The lowest BCUT2D eigenvalue weighted by Crippen LogP contribution is -2.23. The molecule has 0 aliphatic carbocycles. The maximum Gasteiger partial charge on any atom is 0.271 e. The Balaban J connectivity index is 2.94. The van der Waals surface area contributed by atoms with Gasteiger partial charge in [0.15, 0.2) is 0 Å². The van der Waals surface area contributed by atoms with Gasteiger partial charge in [0.05, 0.1) is 21.7 Å². The van der Waals surface area contributed by atoms with E-state index in [9.17, 15) is 18.9 Å². The standard InChI is InChI=1S/C9H9ClF2N2O2/c1-5(9(11)12)13-8-4-6(14(15)16)2-3-7(8)10/h2-5,9,13H,1H3. The average molecular weight is 251 g/mol. The number of benzene rings is 1. The van der Waals surface area contributed by atoms with Crippen molar-refractivity contribution in [3.8, 4) is 0 Å². The number of hydrogen-bond acceptors (Lipinski definition) is 3. The van der Waals surface area contributed by atoms with E-state index in [0.29, 0.717) is 0 Å². The van der Waals surface area contributed by atoms with Crippen LogP contribution in [0.1, 0.15) is 6.92 Å². The minimum absolute atomic E-state index is 0.128. The van der Waals surface area contributed by atoms with Crippen LogP contribution >= 0.6 is 11.6 Å². The van der Waals surface area contributed by atoms with Crippen molar-refractivity contribution in [2.75, 3.05) is 5.32 Å². The zero-order valence-corrected chi connectivity index (χ0v) is 9.04. The van der Waals surface area contributed by atoms with Crippen LogP contribution in [0, 0.1) is 10.1 Å². The molecule has 0 fully saturated rings. The summed E-state index contributed by atoms with van der Waals surface area (Å²) in [5, 5.41) is 13.1. The van der Waals surface area contributed by atoms with Crippen LogP contribution in [-0.4, -0.2) is 17.4 Å². The molecule has 1 N–H and O–H groups in total. The van der Waals surface area contributed by atoms with Gasteiger partial charge in [0.2, 0.25) is 0 Å². The molecule has 0 saturated heterocycles. The Bertz CT molecular complexity index is 401. The van der Waals surface area contributed by atoms with Gasteiger partial charge in [-0.1, -0.05) is 11.6 Å². The van der Waals surface area contributed by atoms with E-state index >= 15 is 0 Å². The Morgan fingerprint density at radius 2 is 2.12 bits per heavy atom. The molecular weight excluding hydrogens is 242 g/mol. The van der Waals surface area contributed by atoms with E-state index in [0.717, 1.165) is 6.07 Å². The fourth-order valence-electron chi connectivity index (χ4n) is 1.05. The summed E-state index contributed by atoms with van der Waals surface area (Å²) >= 11 is 5.72. The topological polar surface area (TPSA) is 55.2 Å². The van der Waals surface area contributed by atoms with Crippen LogP contribution in [0.3, 0.4) is 0 Å². The van der Waals surface area contributed by atoms with Gasteiger partial charge >= 0.3 is 0 Å². The number of rotatable bonds is 4. The van der Waals surface area contributed by atoms with Crippen molar-refractivity contribution in [3.63, 3.8) is 0 Å². The van der Waals surface area contributed by atoms with Gasteiger partial charge in [-0.15, -0.1) is 0 Å². The third-order valence-corrected chi connectivity index (χ3v) is 2.25. The number of nitro groups is 1. The molecule has 7 heteroatoms. The zero-order valence-electron chi connectivity index (χ0n) is 8.28. The SMILES string of the molecule is CC(Nc1cc([N+](=O)[O-])ccc1Cl)C(F)F. The van der Waals surface area contributed by atoms with E-state index in [4.69, 9.17) is 11.6 Å². The fourth-order valence-corrected chi connectivity index (χ4v) is 1.22. The summed E-state index contributed by atoms with van der Waals surface area (Å²) in [5.41, 5.74) is -0.0722. The van der Waals surface area contributed by atoms with E-state index in [1.807, 2.05) is 0 Å². The number of hydrogen-bond donors (Lipinski definition) is 1. The van der Waals surface area contributed by atoms with Crippen molar-refractivity contribution in [1.82, 2.24) is 0 Å².